The molecule has 0 aliphatic rings. The van der Waals surface area contributed by atoms with Crippen LogP contribution >= 0.6 is 0 Å². The van der Waals surface area contributed by atoms with E-state index in [1.807, 2.05) is 0 Å². The van der Waals surface area contributed by atoms with E-state index in [1.54, 1.807) is 0 Å². The first kappa shape index (κ1) is 20.1. The largest absolute Gasteiger partial charge is 0.444 e. The maximum absolute atomic E-state index is 8.00. The van der Waals surface area contributed by atoms with Gasteiger partial charge in [-0.1, -0.05) is 0 Å². The topological polar surface area (TPSA) is 89.0 Å². The monoisotopic (exact) mass is 128 g/mol. The molecule has 0 atom stereocenters. The van der Waals surface area contributed by atoms with Crippen LogP contribution in [0.25, 0.3) is 0 Å². The molecule has 0 aliphatic heterocycles. The summed E-state index contributed by atoms with van der Waals surface area (Å²) in [6, 6.07) is 0. The molecule has 0 aromatic heterocycles. The van der Waals surface area contributed by atoms with Gasteiger partial charge in [0.1, 0.15) is 0 Å². The van der Waals surface area contributed by atoms with Gasteiger partial charge in [0.15, 0.2) is 0 Å². The molecule has 0 heterocycles. The minimum Gasteiger partial charge on any atom is -0.444 e. The van der Waals surface area contributed by atoms with Crippen LogP contribution in [0.5, 0.6) is 0 Å². The molecule has 0 aliphatic carbocycles. The molecule has 0 spiro atoms. The summed E-state index contributed by atoms with van der Waals surface area (Å²) in [5.74, 6) is 0. The second kappa shape index (κ2) is 36.7. The quantitative estimate of drug-likeness (QED) is 0.295. The van der Waals surface area contributed by atoms with Crippen LogP contribution in [0.15, 0.2) is 5.34 Å². The number of nitrogens with zero attached hydrogens (tertiary/aromatic N) is 1. The van der Waals surface area contributed by atoms with Crippen molar-refractivity contribution in [1.29, 1.82) is 0 Å². The van der Waals surface area contributed by atoms with Crippen molar-refractivity contribution < 1.29 is 19.5 Å². The summed E-state index contributed by atoms with van der Waals surface area (Å²) in [5, 5.41) is 9.00. The molecule has 0 aromatic carbocycles. The van der Waals surface area contributed by atoms with Gasteiger partial charge in [-0.15, -0.1) is 5.34 Å². The summed E-state index contributed by atoms with van der Waals surface area (Å²) in [7, 11) is 0. The van der Waals surface area contributed by atoms with Crippen molar-refractivity contribution in [2.24, 2.45) is 5.34 Å². The maximum atomic E-state index is 8.00. The molecule has 5 heteroatoms. The van der Waals surface area contributed by atoms with E-state index in [0.717, 1.165) is 5.34 Å². The van der Waals surface area contributed by atoms with Crippen LogP contribution in [0.3, 0.4) is 0 Å². The van der Waals surface area contributed by atoms with Crippen LogP contribution in [0.1, 0.15) is 0 Å². The zero-order valence-corrected chi connectivity index (χ0v) is 5.94. The smallest absolute Gasteiger partial charge is 0 e. The Morgan fingerprint density at radius 3 is 1.60 bits per heavy atom. The molecular weight excluding hydrogens is 125 g/mol. The van der Waals surface area contributed by atoms with E-state index < -0.39 is 0 Å². The van der Waals surface area contributed by atoms with Crippen LogP contribution < -0.4 is 6.15 Å². The summed E-state index contributed by atoms with van der Waals surface area (Å²) in [4.78, 5) is 8.00. The van der Waals surface area contributed by atoms with Gasteiger partial charge in [0.2, 0.25) is 0 Å². The van der Waals surface area contributed by atoms with Gasteiger partial charge < -0.3 is 16.3 Å². The maximum Gasteiger partial charge on any atom is 0 e. The molecule has 0 saturated carbocycles. The van der Waals surface area contributed by atoms with E-state index in [9.17, 15) is 0 Å². The van der Waals surface area contributed by atoms with Crippen molar-refractivity contribution in [3.8, 4) is 0 Å². The Morgan fingerprint density at radius 2 is 1.60 bits per heavy atom. The molecule has 4 N–H and O–H groups in total. The van der Waals surface area contributed by atoms with Crippen molar-refractivity contribution in [3.63, 3.8) is 0 Å². The molecule has 28 valence electrons. The van der Waals surface area contributed by atoms with Crippen molar-refractivity contribution in [3.05, 3.63) is 10.1 Å². The van der Waals surface area contributed by atoms with Gasteiger partial charge >= 0.3 is 0 Å². The first-order chi connectivity index (χ1) is 1.41. The van der Waals surface area contributed by atoms with E-state index in [-0.39, 0.29) is 25.6 Å². The SMILES string of the molecule is O=N[O-].[NH4+].[Zn]. The second-order valence-electron chi connectivity index (χ2n) is 0.0745. The predicted octanol–water partition coefficient (Wildman–Crippen LogP) is 0.624. The number of hydrogen-bond acceptors (Lipinski definition) is 3. The third-order valence-corrected chi connectivity index (χ3v) is 0. The Morgan fingerprint density at radius 1 is 1.60 bits per heavy atom. The van der Waals surface area contributed by atoms with E-state index >= 15 is 0 Å². The Hall–Kier alpha value is -0.0166. The molecule has 0 amide bonds. The molecule has 0 fully saturated rings. The minimum atomic E-state index is 0. The number of quaternary nitrogens is 1. The third-order valence-electron chi connectivity index (χ3n) is 0. The first-order valence-corrected chi connectivity index (χ1v) is 0.365. The van der Waals surface area contributed by atoms with E-state index in [1.165, 1.54) is 0 Å². The van der Waals surface area contributed by atoms with Crippen molar-refractivity contribution in [2.75, 3.05) is 0 Å². The normalized spacial score (nSPS) is 2.40. The van der Waals surface area contributed by atoms with Crippen molar-refractivity contribution in [2.45, 2.75) is 0 Å². The van der Waals surface area contributed by atoms with Gasteiger partial charge in [-0.3, -0.25) is 0 Å². The fourth-order valence-corrected chi connectivity index (χ4v) is 0. The molecule has 0 unspecified atom stereocenters. The first-order valence-electron chi connectivity index (χ1n) is 0.365. The van der Waals surface area contributed by atoms with Gasteiger partial charge in [-0.2, -0.15) is 0 Å². The second-order valence-corrected chi connectivity index (χ2v) is 0.0745. The van der Waals surface area contributed by atoms with Gasteiger partial charge in [-0.25, -0.2) is 0 Å². The molecule has 0 rings (SSSR count). The zero-order chi connectivity index (χ0) is 2.71. The van der Waals surface area contributed by atoms with Crippen LogP contribution in [-0.2, 0) is 19.5 Å². The Bertz CT molecular complexity index is 15.1. The van der Waals surface area contributed by atoms with Gasteiger partial charge in [-0.05, 0) is 0 Å². The van der Waals surface area contributed by atoms with Gasteiger partial charge in [0.05, 0.1) is 0 Å². The summed E-state index contributed by atoms with van der Waals surface area (Å²) < 4.78 is 0. The van der Waals surface area contributed by atoms with E-state index in [2.05, 4.69) is 0 Å². The molecule has 0 radical (unpaired) electrons. The molecule has 0 saturated heterocycles. The average molecular weight is 129 g/mol. The third kappa shape index (κ3) is 56700. The summed E-state index contributed by atoms with van der Waals surface area (Å²) in [5.41, 5.74) is 0. The average Bonchev–Trinajstić information content (AvgIpc) is 0.918. The van der Waals surface area contributed by atoms with Crippen LogP contribution in [-0.4, -0.2) is 0 Å². The molecule has 0 bridgehead atoms. The van der Waals surface area contributed by atoms with Crippen LogP contribution in [0.2, 0.25) is 0 Å². The number of rotatable bonds is 0. The number of hydrogen-bond donors (Lipinski definition) is 1. The Kier molecular flexibility index (Phi) is 147. The van der Waals surface area contributed by atoms with E-state index in [4.69, 9.17) is 10.1 Å². The van der Waals surface area contributed by atoms with E-state index in [0.29, 0.717) is 0 Å². The minimum absolute atomic E-state index is 0. The predicted molar refractivity (Wildman–Crippen MR) is 15.1 cm³/mol. The fraction of sp³-hybridized carbons (Fsp3) is 0. The van der Waals surface area contributed by atoms with Crippen LogP contribution in [0, 0.1) is 10.1 Å². The molecule has 4 nitrogen and oxygen atoms in total. The molecule has 5 heavy (non-hydrogen) atoms. The summed E-state index contributed by atoms with van der Waals surface area (Å²) in [6.45, 7) is 0. The van der Waals surface area contributed by atoms with Crippen molar-refractivity contribution >= 4 is 0 Å². The Balaban J connectivity index is -0.0000000200. The van der Waals surface area contributed by atoms with Gasteiger partial charge in [0.25, 0.3) is 0 Å². The summed E-state index contributed by atoms with van der Waals surface area (Å²) >= 11 is 0. The molecular formula is H4N2O2Zn. The molecule has 0 aromatic rings. The fourth-order valence-electron chi connectivity index (χ4n) is 0. The Labute approximate surface area is 41.8 Å². The van der Waals surface area contributed by atoms with Gasteiger partial charge in [0, 0.05) is 19.5 Å². The van der Waals surface area contributed by atoms with Crippen LogP contribution in [0.4, 0.5) is 0 Å². The standard InChI is InChI=1S/HNO2.H3N.Zn/c2-1-3;;/h(H,2,3);1H3;. The summed E-state index contributed by atoms with van der Waals surface area (Å²) in [6.07, 6.45) is 0. The van der Waals surface area contributed by atoms with Crippen molar-refractivity contribution in [1.82, 2.24) is 6.15 Å². The zero-order valence-electron chi connectivity index (χ0n) is 2.97.